The second kappa shape index (κ2) is 4.60. The molecule has 0 saturated carbocycles. The van der Waals surface area contributed by atoms with Gasteiger partial charge in [0.25, 0.3) is 0 Å². The second-order valence-corrected chi connectivity index (χ2v) is 3.90. The zero-order chi connectivity index (χ0) is 10.7. The summed E-state index contributed by atoms with van der Waals surface area (Å²) in [5, 5.41) is 7.67. The Kier molecular flexibility index (Phi) is 3.69. The van der Waals surface area contributed by atoms with Crippen LogP contribution < -0.4 is 5.32 Å². The van der Waals surface area contributed by atoms with Gasteiger partial charge in [-0.3, -0.25) is 4.68 Å². The van der Waals surface area contributed by atoms with Crippen molar-refractivity contribution in [2.45, 2.75) is 46.2 Å². The lowest BCUT2D eigenvalue weighted by atomic mass is 10.1. The number of nitrogens with one attached hydrogen (secondary N) is 1. The highest BCUT2D eigenvalue weighted by Crippen LogP contribution is 2.20. The number of hydrogen-bond acceptors (Lipinski definition) is 2. The molecule has 1 heterocycles. The predicted octanol–water partition coefficient (Wildman–Crippen LogP) is 2.44. The summed E-state index contributed by atoms with van der Waals surface area (Å²) in [6.45, 7) is 8.69. The highest BCUT2D eigenvalue weighted by Gasteiger charge is 2.13. The quantitative estimate of drug-likeness (QED) is 0.799. The fourth-order valence-corrected chi connectivity index (χ4v) is 1.63. The third-order valence-electron chi connectivity index (χ3n) is 2.99. The Bertz CT molecular complexity index is 263. The number of hydrogen-bond donors (Lipinski definition) is 1. The first-order valence-electron chi connectivity index (χ1n) is 5.33. The van der Waals surface area contributed by atoms with Crippen molar-refractivity contribution < 1.29 is 0 Å². The maximum Gasteiger partial charge on any atom is 0.0540 e. The normalized spacial score (nSPS) is 15.5. The van der Waals surface area contributed by atoms with Gasteiger partial charge in [-0.15, -0.1) is 0 Å². The van der Waals surface area contributed by atoms with Gasteiger partial charge in [-0.05, 0) is 34.2 Å². The van der Waals surface area contributed by atoms with Crippen LogP contribution in [0.5, 0.6) is 0 Å². The summed E-state index contributed by atoms with van der Waals surface area (Å²) in [5.41, 5.74) is 2.58. The van der Waals surface area contributed by atoms with E-state index in [0.717, 1.165) is 6.42 Å². The van der Waals surface area contributed by atoms with E-state index in [1.54, 1.807) is 0 Å². The van der Waals surface area contributed by atoms with Crippen molar-refractivity contribution in [3.63, 3.8) is 0 Å². The van der Waals surface area contributed by atoms with E-state index in [0.29, 0.717) is 12.1 Å². The monoisotopic (exact) mass is 195 g/mol. The molecule has 0 spiro atoms. The Hall–Kier alpha value is -0.830. The first-order chi connectivity index (χ1) is 6.61. The van der Waals surface area contributed by atoms with E-state index in [2.05, 4.69) is 42.8 Å². The molecule has 1 aromatic rings. The largest absolute Gasteiger partial charge is 0.313 e. The molecule has 0 fully saturated rings. The Morgan fingerprint density at radius 2 is 2.14 bits per heavy atom. The smallest absolute Gasteiger partial charge is 0.0540 e. The zero-order valence-corrected chi connectivity index (χ0v) is 9.83. The molecule has 0 aliphatic carbocycles. The van der Waals surface area contributed by atoms with Crippen LogP contribution >= 0.6 is 0 Å². The Labute approximate surface area is 86.5 Å². The van der Waals surface area contributed by atoms with E-state index in [4.69, 9.17) is 0 Å². The van der Waals surface area contributed by atoms with Gasteiger partial charge < -0.3 is 5.32 Å². The molecular weight excluding hydrogens is 174 g/mol. The summed E-state index contributed by atoms with van der Waals surface area (Å²) < 4.78 is 2.11. The average molecular weight is 195 g/mol. The van der Waals surface area contributed by atoms with Crippen LogP contribution in [-0.2, 0) is 0 Å². The molecule has 2 unspecified atom stereocenters. The van der Waals surface area contributed by atoms with E-state index in [-0.39, 0.29) is 0 Å². The van der Waals surface area contributed by atoms with Gasteiger partial charge in [0.1, 0.15) is 0 Å². The summed E-state index contributed by atoms with van der Waals surface area (Å²) in [6, 6.07) is 0.876. The predicted molar refractivity (Wildman–Crippen MR) is 59.4 cm³/mol. The topological polar surface area (TPSA) is 29.9 Å². The van der Waals surface area contributed by atoms with Gasteiger partial charge in [0, 0.05) is 23.3 Å². The Morgan fingerprint density at radius 1 is 1.50 bits per heavy atom. The van der Waals surface area contributed by atoms with Crippen molar-refractivity contribution in [2.24, 2.45) is 0 Å². The lowest BCUT2D eigenvalue weighted by Gasteiger charge is -2.14. The third kappa shape index (κ3) is 1.98. The summed E-state index contributed by atoms with van der Waals surface area (Å²) in [4.78, 5) is 0. The van der Waals surface area contributed by atoms with Gasteiger partial charge in [-0.2, -0.15) is 5.10 Å². The van der Waals surface area contributed by atoms with Gasteiger partial charge in [0.2, 0.25) is 0 Å². The first kappa shape index (κ1) is 11.2. The molecular formula is C11H21N3. The van der Waals surface area contributed by atoms with Crippen molar-refractivity contribution >= 4 is 0 Å². The van der Waals surface area contributed by atoms with Gasteiger partial charge in [-0.1, -0.05) is 6.92 Å². The van der Waals surface area contributed by atoms with Gasteiger partial charge in [0.15, 0.2) is 0 Å². The molecule has 3 nitrogen and oxygen atoms in total. The number of nitrogens with zero attached hydrogens (tertiary/aromatic N) is 2. The van der Waals surface area contributed by atoms with Crippen molar-refractivity contribution in [2.75, 3.05) is 7.05 Å². The van der Waals surface area contributed by atoms with Crippen molar-refractivity contribution in [1.82, 2.24) is 15.1 Å². The molecule has 80 valence electrons. The number of rotatable bonds is 4. The van der Waals surface area contributed by atoms with Gasteiger partial charge in [0.05, 0.1) is 6.20 Å². The van der Waals surface area contributed by atoms with E-state index in [1.165, 1.54) is 11.3 Å². The maximum absolute atomic E-state index is 4.43. The lowest BCUT2D eigenvalue weighted by Crippen LogP contribution is -2.14. The molecule has 2 atom stereocenters. The van der Waals surface area contributed by atoms with Crippen LogP contribution in [0.1, 0.15) is 50.5 Å². The Morgan fingerprint density at radius 3 is 2.64 bits per heavy atom. The van der Waals surface area contributed by atoms with Crippen LogP contribution in [0.25, 0.3) is 0 Å². The molecule has 0 aliphatic heterocycles. The van der Waals surface area contributed by atoms with E-state index >= 15 is 0 Å². The maximum atomic E-state index is 4.43. The first-order valence-corrected chi connectivity index (χ1v) is 5.33. The van der Waals surface area contributed by atoms with Crippen molar-refractivity contribution in [1.29, 1.82) is 0 Å². The molecule has 1 rings (SSSR count). The zero-order valence-electron chi connectivity index (χ0n) is 9.83. The highest BCUT2D eigenvalue weighted by molar-refractivity contribution is 5.20. The fraction of sp³-hybridized carbons (Fsp3) is 0.727. The van der Waals surface area contributed by atoms with Crippen LogP contribution in [0, 0.1) is 6.92 Å². The third-order valence-corrected chi connectivity index (χ3v) is 2.99. The van der Waals surface area contributed by atoms with Crippen LogP contribution in [0.15, 0.2) is 6.20 Å². The van der Waals surface area contributed by atoms with Crippen molar-refractivity contribution in [3.8, 4) is 0 Å². The van der Waals surface area contributed by atoms with E-state index < -0.39 is 0 Å². The van der Waals surface area contributed by atoms with Gasteiger partial charge >= 0.3 is 0 Å². The molecule has 0 aromatic carbocycles. The van der Waals surface area contributed by atoms with Gasteiger partial charge in [-0.25, -0.2) is 0 Å². The summed E-state index contributed by atoms with van der Waals surface area (Å²) >= 11 is 0. The molecule has 0 aliphatic rings. The minimum Gasteiger partial charge on any atom is -0.313 e. The molecule has 0 amide bonds. The minimum absolute atomic E-state index is 0.382. The molecule has 0 radical (unpaired) electrons. The van der Waals surface area contributed by atoms with Crippen LogP contribution in [0.2, 0.25) is 0 Å². The molecule has 1 N–H and O–H groups in total. The molecule has 1 aromatic heterocycles. The fourth-order valence-electron chi connectivity index (χ4n) is 1.63. The summed E-state index contributed by atoms with van der Waals surface area (Å²) in [6.07, 6.45) is 3.10. The average Bonchev–Trinajstić information content (AvgIpc) is 2.58. The SMILES string of the molecule is CCC(C)n1ncc(C(C)NC)c1C. The lowest BCUT2D eigenvalue weighted by molar-refractivity contribution is 0.465. The molecule has 0 bridgehead atoms. The van der Waals surface area contributed by atoms with E-state index in [1.807, 2.05) is 13.2 Å². The van der Waals surface area contributed by atoms with E-state index in [9.17, 15) is 0 Å². The van der Waals surface area contributed by atoms with Crippen LogP contribution in [0.3, 0.4) is 0 Å². The highest BCUT2D eigenvalue weighted by atomic mass is 15.3. The second-order valence-electron chi connectivity index (χ2n) is 3.90. The Balaban J connectivity index is 2.96. The standard InChI is InChI=1S/C11H21N3/c1-6-8(2)14-10(4)11(7-13-14)9(3)12-5/h7-9,12H,6H2,1-5H3. The summed E-state index contributed by atoms with van der Waals surface area (Å²) in [5.74, 6) is 0. The van der Waals surface area contributed by atoms with Crippen molar-refractivity contribution in [3.05, 3.63) is 17.5 Å². The molecule has 0 saturated heterocycles. The molecule has 14 heavy (non-hydrogen) atoms. The minimum atomic E-state index is 0.382. The molecule has 3 heteroatoms. The van der Waals surface area contributed by atoms with Crippen LogP contribution in [0.4, 0.5) is 0 Å². The van der Waals surface area contributed by atoms with Crippen LogP contribution in [-0.4, -0.2) is 16.8 Å². The summed E-state index contributed by atoms with van der Waals surface area (Å²) in [7, 11) is 1.98. The number of aromatic nitrogens is 2.